The minimum atomic E-state index is -0.431. The predicted molar refractivity (Wildman–Crippen MR) is 214 cm³/mol. The van der Waals surface area contributed by atoms with Crippen LogP contribution < -0.4 is 21.5 Å². The molecule has 2 N–H and O–H groups in total. The van der Waals surface area contributed by atoms with Crippen molar-refractivity contribution in [1.29, 1.82) is 0 Å². The average Bonchev–Trinajstić information content (AvgIpc) is 3.12. The van der Waals surface area contributed by atoms with Crippen molar-refractivity contribution in [3.05, 3.63) is 20.4 Å². The number of carbonyl (C=O) groups excluding carboxylic acids is 1. The van der Waals surface area contributed by atoms with Crippen LogP contribution in [0.4, 0.5) is 11.4 Å². The van der Waals surface area contributed by atoms with Crippen molar-refractivity contribution in [1.82, 2.24) is 4.90 Å². The molecule has 0 heterocycles. The minimum absolute atomic E-state index is 0.0132. The van der Waals surface area contributed by atoms with Gasteiger partial charge in [-0.25, -0.2) is 0 Å². The van der Waals surface area contributed by atoms with E-state index in [2.05, 4.69) is 36.3 Å². The lowest BCUT2D eigenvalue weighted by Gasteiger charge is -2.23. The molecule has 1 aromatic carbocycles. The fourth-order valence-corrected chi connectivity index (χ4v) is 6.67. The molecule has 0 saturated carbocycles. The summed E-state index contributed by atoms with van der Waals surface area (Å²) >= 11 is 0. The molecule has 0 aliphatic rings. The number of unbranched alkanes of at least 4 members (excludes halogenated alkanes) is 17. The lowest BCUT2D eigenvalue weighted by Crippen LogP contribution is -2.37. The minimum Gasteiger partial charge on any atom is -0.462 e. The number of nitrogens with zero attached hydrogens (tertiary/aromatic N) is 1. The Kier molecular flexibility index (Phi) is 30.4. The number of ether oxygens (including phenoxy) is 2. The average molecular weight is 706 g/mol. The van der Waals surface area contributed by atoms with Crippen LogP contribution in [0.15, 0.2) is 9.59 Å². The van der Waals surface area contributed by atoms with E-state index in [0.29, 0.717) is 24.3 Å². The summed E-state index contributed by atoms with van der Waals surface area (Å²) in [5.74, 6) is -0.0132. The van der Waals surface area contributed by atoms with Gasteiger partial charge in [-0.1, -0.05) is 111 Å². The molecule has 0 bridgehead atoms. The van der Waals surface area contributed by atoms with Crippen LogP contribution in [-0.2, 0) is 14.3 Å². The van der Waals surface area contributed by atoms with Crippen molar-refractivity contribution in [2.45, 2.75) is 194 Å². The van der Waals surface area contributed by atoms with E-state index in [9.17, 15) is 14.4 Å². The first kappa shape index (κ1) is 46.1. The highest BCUT2D eigenvalue weighted by Crippen LogP contribution is 2.18. The smallest absolute Gasteiger partial charge is 0.306 e. The molecule has 0 atom stereocenters. The van der Waals surface area contributed by atoms with Gasteiger partial charge in [0.25, 0.3) is 10.9 Å². The van der Waals surface area contributed by atoms with Gasteiger partial charge in [-0.3, -0.25) is 14.4 Å². The van der Waals surface area contributed by atoms with Gasteiger partial charge in [0.15, 0.2) is 0 Å². The van der Waals surface area contributed by atoms with Crippen LogP contribution in [0.5, 0.6) is 0 Å². The molecule has 292 valence electrons. The Labute approximate surface area is 307 Å². The second-order valence-electron chi connectivity index (χ2n) is 14.5. The molecule has 0 aliphatic heterocycles. The number of esters is 1. The molecule has 0 fully saturated rings. The van der Waals surface area contributed by atoms with E-state index in [-0.39, 0.29) is 12.1 Å². The number of anilines is 2. The van der Waals surface area contributed by atoms with Gasteiger partial charge < -0.3 is 25.0 Å². The summed E-state index contributed by atoms with van der Waals surface area (Å²) in [5, 5.41) is 5.98. The zero-order chi connectivity index (χ0) is 36.5. The Morgan fingerprint density at radius 2 is 1.04 bits per heavy atom. The van der Waals surface area contributed by atoms with Crippen LogP contribution in [0.3, 0.4) is 0 Å². The fraction of sp³-hybridized carbons (Fsp3) is 0.881. The highest BCUT2D eigenvalue weighted by Gasteiger charge is 2.19. The zero-order valence-corrected chi connectivity index (χ0v) is 33.2. The van der Waals surface area contributed by atoms with E-state index in [1.165, 1.54) is 103 Å². The third-order valence-electron chi connectivity index (χ3n) is 9.93. The molecule has 0 amide bonds. The van der Waals surface area contributed by atoms with Crippen LogP contribution in [-0.4, -0.2) is 63.4 Å². The summed E-state index contributed by atoms with van der Waals surface area (Å²) in [6.07, 6.45) is 30.0. The Morgan fingerprint density at radius 3 is 1.64 bits per heavy atom. The third kappa shape index (κ3) is 23.5. The lowest BCUT2D eigenvalue weighted by atomic mass is 10.0. The topological polar surface area (TPSA) is 97.0 Å². The van der Waals surface area contributed by atoms with E-state index in [1.807, 2.05) is 0 Å². The molecule has 0 radical (unpaired) electrons. The largest absolute Gasteiger partial charge is 0.462 e. The Hall–Kier alpha value is -1.93. The molecular weight excluding hydrogens is 626 g/mol. The molecule has 1 aromatic rings. The highest BCUT2D eigenvalue weighted by molar-refractivity contribution is 5.73. The first-order chi connectivity index (χ1) is 24.5. The quantitative estimate of drug-likeness (QED) is 0.0399. The lowest BCUT2D eigenvalue weighted by molar-refractivity contribution is -0.150. The van der Waals surface area contributed by atoms with Crippen LogP contribution in [0.25, 0.3) is 0 Å². The standard InChI is InChI=1S/C42H79N3O5/c1-5-8-11-13-15-19-28-37(29-20-16-14-12-9-6-2)50-38(46)30-21-24-33-45(32-23-17-18-27-36-49-35-26-10-7-3)34-25-22-31-44-40-39(43-4)41(47)42(40)48/h37,43-44H,5-36H2,1-4H3. The molecule has 50 heavy (non-hydrogen) atoms. The SMILES string of the molecule is CCCCCCCCC(CCCCCCCC)OC(=O)CCCCN(CCCCCCOCCCCC)CCCCNc1c(NC)c(=O)c1=O. The molecule has 0 spiro atoms. The van der Waals surface area contributed by atoms with Gasteiger partial charge in [0.1, 0.15) is 17.5 Å². The van der Waals surface area contributed by atoms with Gasteiger partial charge in [0, 0.05) is 33.2 Å². The van der Waals surface area contributed by atoms with E-state index in [0.717, 1.165) is 90.6 Å². The molecule has 0 aromatic heterocycles. The summed E-state index contributed by atoms with van der Waals surface area (Å²) in [6.45, 7) is 12.2. The number of hydrogen-bond acceptors (Lipinski definition) is 8. The molecule has 0 saturated heterocycles. The number of nitrogens with one attached hydrogen (secondary N) is 2. The molecular formula is C42H79N3O5. The molecule has 1 rings (SSSR count). The second-order valence-corrected chi connectivity index (χ2v) is 14.5. The third-order valence-corrected chi connectivity index (χ3v) is 9.93. The normalized spacial score (nSPS) is 11.6. The summed E-state index contributed by atoms with van der Waals surface area (Å²) in [6, 6.07) is 0. The first-order valence-corrected chi connectivity index (χ1v) is 21.2. The number of carbonyl (C=O) groups is 1. The maximum absolute atomic E-state index is 12.9. The van der Waals surface area contributed by atoms with Crippen molar-refractivity contribution in [3.8, 4) is 0 Å². The van der Waals surface area contributed by atoms with Crippen molar-refractivity contribution in [3.63, 3.8) is 0 Å². The summed E-state index contributed by atoms with van der Waals surface area (Å²) in [7, 11) is 1.67. The summed E-state index contributed by atoms with van der Waals surface area (Å²) < 4.78 is 11.9. The molecule has 8 heteroatoms. The van der Waals surface area contributed by atoms with Gasteiger partial charge in [-0.2, -0.15) is 0 Å². The summed E-state index contributed by atoms with van der Waals surface area (Å²) in [4.78, 5) is 39.0. The number of hydrogen-bond donors (Lipinski definition) is 2. The maximum Gasteiger partial charge on any atom is 0.306 e. The molecule has 0 aliphatic carbocycles. The zero-order valence-electron chi connectivity index (χ0n) is 33.2. The Morgan fingerprint density at radius 1 is 0.580 bits per heavy atom. The van der Waals surface area contributed by atoms with Crippen molar-refractivity contribution in [2.75, 3.05) is 57.1 Å². The van der Waals surface area contributed by atoms with Crippen LogP contribution in [0.2, 0.25) is 0 Å². The monoisotopic (exact) mass is 706 g/mol. The fourth-order valence-electron chi connectivity index (χ4n) is 6.67. The van der Waals surface area contributed by atoms with Crippen molar-refractivity contribution >= 4 is 17.3 Å². The van der Waals surface area contributed by atoms with Crippen LogP contribution in [0, 0.1) is 0 Å². The molecule has 8 nitrogen and oxygen atoms in total. The first-order valence-electron chi connectivity index (χ1n) is 21.2. The van der Waals surface area contributed by atoms with Gasteiger partial charge in [0.2, 0.25) is 0 Å². The highest BCUT2D eigenvalue weighted by atomic mass is 16.5. The van der Waals surface area contributed by atoms with E-state index >= 15 is 0 Å². The molecule has 0 unspecified atom stereocenters. The predicted octanol–water partition coefficient (Wildman–Crippen LogP) is 10.2. The Bertz CT molecular complexity index is 977. The van der Waals surface area contributed by atoms with Crippen LogP contribution in [0.1, 0.15) is 188 Å². The van der Waals surface area contributed by atoms with Gasteiger partial charge in [0.05, 0.1) is 0 Å². The summed E-state index contributed by atoms with van der Waals surface area (Å²) in [5.41, 5.74) is -0.0225. The van der Waals surface area contributed by atoms with E-state index < -0.39 is 10.9 Å². The van der Waals surface area contributed by atoms with Crippen molar-refractivity contribution in [2.24, 2.45) is 0 Å². The van der Waals surface area contributed by atoms with Crippen LogP contribution >= 0.6 is 0 Å². The van der Waals surface area contributed by atoms with E-state index in [4.69, 9.17) is 9.47 Å². The Balaban J connectivity index is 2.45. The van der Waals surface area contributed by atoms with E-state index in [1.54, 1.807) is 7.05 Å². The number of rotatable bonds is 38. The second kappa shape index (κ2) is 32.9. The van der Waals surface area contributed by atoms with Crippen molar-refractivity contribution < 1.29 is 14.3 Å². The van der Waals surface area contributed by atoms with Gasteiger partial charge in [-0.05, 0) is 90.3 Å². The van der Waals surface area contributed by atoms with Gasteiger partial charge >= 0.3 is 5.97 Å². The van der Waals surface area contributed by atoms with Gasteiger partial charge in [-0.15, -0.1) is 0 Å². The maximum atomic E-state index is 12.9.